The van der Waals surface area contributed by atoms with E-state index in [4.69, 9.17) is 5.73 Å². The van der Waals surface area contributed by atoms with E-state index in [1.54, 1.807) is 29.5 Å². The number of phenols is 1. The molecular formula is C10H10ClNOS. The molecule has 1 aromatic carbocycles. The van der Waals surface area contributed by atoms with Crippen LogP contribution in [-0.4, -0.2) is 5.11 Å². The van der Waals surface area contributed by atoms with E-state index in [2.05, 4.69) is 0 Å². The summed E-state index contributed by atoms with van der Waals surface area (Å²) in [5.41, 5.74) is 8.07. The highest BCUT2D eigenvalue weighted by Gasteiger charge is 2.07. The van der Waals surface area contributed by atoms with E-state index >= 15 is 0 Å². The van der Waals surface area contributed by atoms with Crippen LogP contribution in [0.2, 0.25) is 0 Å². The SMILES string of the molecule is Cl.Nc1cccc(O)c1-c1ccsc1. The number of halogens is 1. The predicted octanol–water partition coefficient (Wildman–Crippen LogP) is 3.12. The molecule has 2 nitrogen and oxygen atoms in total. The lowest BCUT2D eigenvalue weighted by atomic mass is 10.1. The quantitative estimate of drug-likeness (QED) is 0.736. The summed E-state index contributed by atoms with van der Waals surface area (Å²) in [4.78, 5) is 0. The van der Waals surface area contributed by atoms with E-state index in [-0.39, 0.29) is 18.2 Å². The van der Waals surface area contributed by atoms with Crippen LogP contribution < -0.4 is 5.73 Å². The van der Waals surface area contributed by atoms with E-state index in [0.29, 0.717) is 5.69 Å². The van der Waals surface area contributed by atoms with Crippen molar-refractivity contribution in [2.45, 2.75) is 0 Å². The molecule has 0 atom stereocenters. The number of nitrogen functional groups attached to an aromatic ring is 1. The van der Waals surface area contributed by atoms with Crippen LogP contribution in [0.5, 0.6) is 5.75 Å². The molecule has 0 bridgehead atoms. The van der Waals surface area contributed by atoms with Gasteiger partial charge in [0.25, 0.3) is 0 Å². The molecule has 0 aliphatic rings. The maximum absolute atomic E-state index is 9.59. The molecule has 0 radical (unpaired) electrons. The van der Waals surface area contributed by atoms with Gasteiger partial charge in [0.05, 0.1) is 0 Å². The molecule has 0 saturated carbocycles. The van der Waals surface area contributed by atoms with Gasteiger partial charge in [0, 0.05) is 11.3 Å². The lowest BCUT2D eigenvalue weighted by Gasteiger charge is -2.05. The average molecular weight is 228 g/mol. The second kappa shape index (κ2) is 4.35. The molecule has 3 N–H and O–H groups in total. The Morgan fingerprint density at radius 2 is 2.00 bits per heavy atom. The van der Waals surface area contributed by atoms with Crippen LogP contribution in [-0.2, 0) is 0 Å². The third-order valence-electron chi connectivity index (χ3n) is 1.88. The molecule has 2 rings (SSSR count). The monoisotopic (exact) mass is 227 g/mol. The number of benzene rings is 1. The van der Waals surface area contributed by atoms with Gasteiger partial charge in [0.2, 0.25) is 0 Å². The molecule has 0 aliphatic carbocycles. The van der Waals surface area contributed by atoms with Crippen molar-refractivity contribution in [2.24, 2.45) is 0 Å². The van der Waals surface area contributed by atoms with Crippen molar-refractivity contribution in [1.29, 1.82) is 0 Å². The van der Waals surface area contributed by atoms with Gasteiger partial charge in [0.1, 0.15) is 5.75 Å². The molecule has 14 heavy (non-hydrogen) atoms. The molecule has 4 heteroatoms. The first-order chi connectivity index (χ1) is 6.29. The number of nitrogens with two attached hydrogens (primary N) is 1. The van der Waals surface area contributed by atoms with Gasteiger partial charge in [-0.15, -0.1) is 12.4 Å². The van der Waals surface area contributed by atoms with Crippen molar-refractivity contribution in [3.8, 4) is 16.9 Å². The number of thiophene rings is 1. The summed E-state index contributed by atoms with van der Waals surface area (Å²) in [5, 5.41) is 13.5. The molecule has 74 valence electrons. The molecule has 0 saturated heterocycles. The molecular weight excluding hydrogens is 218 g/mol. The summed E-state index contributed by atoms with van der Waals surface area (Å²) < 4.78 is 0. The Morgan fingerprint density at radius 1 is 1.21 bits per heavy atom. The molecule has 0 fully saturated rings. The minimum atomic E-state index is 0. The van der Waals surface area contributed by atoms with Crippen molar-refractivity contribution >= 4 is 29.4 Å². The zero-order chi connectivity index (χ0) is 9.26. The first-order valence-corrected chi connectivity index (χ1v) is 4.83. The Morgan fingerprint density at radius 3 is 2.57 bits per heavy atom. The van der Waals surface area contributed by atoms with E-state index in [1.165, 1.54) is 0 Å². The summed E-state index contributed by atoms with van der Waals surface area (Å²) in [6.45, 7) is 0. The van der Waals surface area contributed by atoms with Crippen LogP contribution in [0.1, 0.15) is 0 Å². The number of hydrogen-bond acceptors (Lipinski definition) is 3. The third-order valence-corrected chi connectivity index (χ3v) is 2.57. The number of rotatable bonds is 1. The zero-order valence-electron chi connectivity index (χ0n) is 7.31. The van der Waals surface area contributed by atoms with Crippen LogP contribution in [0.15, 0.2) is 35.0 Å². The Balaban J connectivity index is 0.000000980. The Bertz CT molecular complexity index is 394. The normalized spacial score (nSPS) is 9.43. The van der Waals surface area contributed by atoms with Gasteiger partial charge >= 0.3 is 0 Å². The average Bonchev–Trinajstić information content (AvgIpc) is 2.57. The predicted molar refractivity (Wildman–Crippen MR) is 63.1 cm³/mol. The molecule has 1 heterocycles. The first-order valence-electron chi connectivity index (χ1n) is 3.89. The van der Waals surface area contributed by atoms with Gasteiger partial charge in [0.15, 0.2) is 0 Å². The van der Waals surface area contributed by atoms with Gasteiger partial charge in [-0.1, -0.05) is 6.07 Å². The van der Waals surface area contributed by atoms with Crippen molar-refractivity contribution in [3.05, 3.63) is 35.0 Å². The fraction of sp³-hybridized carbons (Fsp3) is 0. The van der Waals surface area contributed by atoms with E-state index in [1.807, 2.05) is 16.8 Å². The molecule has 0 unspecified atom stereocenters. The number of aromatic hydroxyl groups is 1. The Hall–Kier alpha value is -1.19. The second-order valence-corrected chi connectivity index (χ2v) is 3.53. The first kappa shape index (κ1) is 10.9. The molecule has 1 aromatic heterocycles. The Labute approximate surface area is 92.4 Å². The van der Waals surface area contributed by atoms with Crippen molar-refractivity contribution in [3.63, 3.8) is 0 Å². The van der Waals surface area contributed by atoms with Crippen molar-refractivity contribution < 1.29 is 5.11 Å². The van der Waals surface area contributed by atoms with Crippen LogP contribution in [0.4, 0.5) is 5.69 Å². The summed E-state index contributed by atoms with van der Waals surface area (Å²) in [6, 6.07) is 7.10. The number of anilines is 1. The smallest absolute Gasteiger partial charge is 0.125 e. The van der Waals surface area contributed by atoms with E-state index in [0.717, 1.165) is 11.1 Å². The van der Waals surface area contributed by atoms with E-state index in [9.17, 15) is 5.11 Å². The van der Waals surface area contributed by atoms with Crippen molar-refractivity contribution in [2.75, 3.05) is 5.73 Å². The summed E-state index contributed by atoms with van der Waals surface area (Å²) >= 11 is 1.59. The summed E-state index contributed by atoms with van der Waals surface area (Å²) in [6.07, 6.45) is 0. The highest BCUT2D eigenvalue weighted by molar-refractivity contribution is 7.08. The minimum absolute atomic E-state index is 0. The highest BCUT2D eigenvalue weighted by Crippen LogP contribution is 2.35. The fourth-order valence-electron chi connectivity index (χ4n) is 1.28. The van der Waals surface area contributed by atoms with Gasteiger partial charge in [-0.3, -0.25) is 0 Å². The van der Waals surface area contributed by atoms with Crippen molar-refractivity contribution in [1.82, 2.24) is 0 Å². The lowest BCUT2D eigenvalue weighted by molar-refractivity contribution is 0.477. The fourth-order valence-corrected chi connectivity index (χ4v) is 1.93. The van der Waals surface area contributed by atoms with Gasteiger partial charge in [-0.05, 0) is 34.5 Å². The number of hydrogen-bond donors (Lipinski definition) is 2. The maximum atomic E-state index is 9.59. The zero-order valence-corrected chi connectivity index (χ0v) is 8.94. The van der Waals surface area contributed by atoms with Gasteiger partial charge in [-0.2, -0.15) is 11.3 Å². The van der Waals surface area contributed by atoms with Crippen LogP contribution in [0.25, 0.3) is 11.1 Å². The molecule has 2 aromatic rings. The lowest BCUT2D eigenvalue weighted by Crippen LogP contribution is -1.88. The third kappa shape index (κ3) is 1.84. The van der Waals surface area contributed by atoms with Gasteiger partial charge in [-0.25, -0.2) is 0 Å². The van der Waals surface area contributed by atoms with Gasteiger partial charge < -0.3 is 10.8 Å². The summed E-state index contributed by atoms with van der Waals surface area (Å²) in [7, 11) is 0. The minimum Gasteiger partial charge on any atom is -0.507 e. The Kier molecular flexibility index (Phi) is 3.38. The summed E-state index contributed by atoms with van der Waals surface area (Å²) in [5.74, 6) is 0.235. The van der Waals surface area contributed by atoms with Crippen LogP contribution in [0, 0.1) is 0 Å². The topological polar surface area (TPSA) is 46.2 Å². The standard InChI is InChI=1S/C10H9NOS.ClH/c11-8-2-1-3-9(12)10(8)7-4-5-13-6-7;/h1-6,12H,11H2;1H. The van der Waals surface area contributed by atoms with E-state index < -0.39 is 0 Å². The van der Waals surface area contributed by atoms with Crippen LogP contribution >= 0.6 is 23.7 Å². The number of phenolic OH excluding ortho intramolecular Hbond substituents is 1. The highest BCUT2D eigenvalue weighted by atomic mass is 35.5. The second-order valence-electron chi connectivity index (χ2n) is 2.75. The molecule has 0 spiro atoms. The maximum Gasteiger partial charge on any atom is 0.125 e. The molecule has 0 aliphatic heterocycles. The van der Waals surface area contributed by atoms with Crippen LogP contribution in [0.3, 0.4) is 0 Å². The largest absolute Gasteiger partial charge is 0.507 e. The molecule has 0 amide bonds.